The van der Waals surface area contributed by atoms with E-state index in [2.05, 4.69) is 22.4 Å². The highest BCUT2D eigenvalue weighted by Gasteiger charge is 2.14. The first kappa shape index (κ1) is 17.4. The lowest BCUT2D eigenvalue weighted by Crippen LogP contribution is -2.35. The molecule has 0 unspecified atom stereocenters. The lowest BCUT2D eigenvalue weighted by molar-refractivity contribution is -0.123. The Kier molecular flexibility index (Phi) is 6.01. The van der Waals surface area contributed by atoms with Gasteiger partial charge in [-0.25, -0.2) is 5.43 Å². The van der Waals surface area contributed by atoms with Crippen molar-refractivity contribution >= 4 is 22.4 Å². The number of fused-ring (bicyclic) bond motifs is 1. The van der Waals surface area contributed by atoms with Gasteiger partial charge >= 0.3 is 0 Å². The van der Waals surface area contributed by atoms with Crippen LogP contribution < -0.4 is 10.2 Å². The summed E-state index contributed by atoms with van der Waals surface area (Å²) in [7, 11) is 0. The van der Waals surface area contributed by atoms with Gasteiger partial charge in [0.1, 0.15) is 5.75 Å². The van der Waals surface area contributed by atoms with E-state index in [4.69, 9.17) is 4.74 Å². The number of hydrazone groups is 1. The van der Waals surface area contributed by atoms with Crippen LogP contribution in [0, 0.1) is 0 Å². The van der Waals surface area contributed by atoms with Crippen molar-refractivity contribution in [2.75, 3.05) is 26.2 Å². The Morgan fingerprint density at radius 2 is 1.92 bits per heavy atom. The van der Waals surface area contributed by atoms with Crippen LogP contribution >= 0.6 is 0 Å². The molecule has 0 bridgehead atoms. The van der Waals surface area contributed by atoms with Gasteiger partial charge in [0, 0.05) is 31.6 Å². The third kappa shape index (κ3) is 5.03. The summed E-state index contributed by atoms with van der Waals surface area (Å²) >= 11 is 0. The van der Waals surface area contributed by atoms with Crippen LogP contribution in [0.3, 0.4) is 0 Å². The van der Waals surface area contributed by atoms with Crippen molar-refractivity contribution in [2.24, 2.45) is 5.10 Å². The molecule has 0 spiro atoms. The first-order valence-corrected chi connectivity index (χ1v) is 8.93. The number of likely N-dealkylation sites (tertiary alicyclic amines) is 1. The van der Waals surface area contributed by atoms with Crippen LogP contribution in [0.2, 0.25) is 0 Å². The van der Waals surface area contributed by atoms with Gasteiger partial charge < -0.3 is 9.64 Å². The molecule has 1 aliphatic heterocycles. The summed E-state index contributed by atoms with van der Waals surface area (Å²) in [5.41, 5.74) is 3.67. The highest BCUT2D eigenvalue weighted by atomic mass is 16.5. The third-order valence-electron chi connectivity index (χ3n) is 4.40. The Hall–Kier alpha value is -2.40. The van der Waals surface area contributed by atoms with Crippen molar-refractivity contribution in [3.63, 3.8) is 0 Å². The molecule has 0 aliphatic carbocycles. The quantitative estimate of drug-likeness (QED) is 0.822. The molecule has 0 aromatic heterocycles. The van der Waals surface area contributed by atoms with Gasteiger partial charge in [0.25, 0.3) is 5.91 Å². The van der Waals surface area contributed by atoms with E-state index in [0.717, 1.165) is 49.0 Å². The Balaban J connectivity index is 1.45. The Bertz CT molecular complexity index is 747. The fourth-order valence-corrected chi connectivity index (χ4v) is 3.04. The summed E-state index contributed by atoms with van der Waals surface area (Å²) < 4.78 is 5.58. The second-order valence-electron chi connectivity index (χ2n) is 6.35. The van der Waals surface area contributed by atoms with Crippen molar-refractivity contribution < 1.29 is 9.53 Å². The summed E-state index contributed by atoms with van der Waals surface area (Å²) in [6, 6.07) is 13.9. The van der Waals surface area contributed by atoms with Gasteiger partial charge in [-0.15, -0.1) is 0 Å². The van der Waals surface area contributed by atoms with E-state index in [1.165, 1.54) is 6.42 Å². The van der Waals surface area contributed by atoms with Gasteiger partial charge in [0.05, 0.1) is 0 Å². The topological polar surface area (TPSA) is 53.9 Å². The number of hydrogen-bond donors (Lipinski definition) is 1. The van der Waals surface area contributed by atoms with Crippen LogP contribution in [0.25, 0.3) is 10.8 Å². The molecule has 2 aromatic carbocycles. The van der Waals surface area contributed by atoms with E-state index < -0.39 is 0 Å². The van der Waals surface area contributed by atoms with Crippen LogP contribution in [0.5, 0.6) is 5.75 Å². The number of piperidine rings is 1. The molecular weight excluding hydrogens is 314 g/mol. The smallest absolute Gasteiger partial charge is 0.277 e. The fraction of sp³-hybridized carbons (Fsp3) is 0.400. The molecule has 1 saturated heterocycles. The molecule has 0 atom stereocenters. The van der Waals surface area contributed by atoms with E-state index in [0.29, 0.717) is 5.75 Å². The number of amides is 1. The Labute approximate surface area is 148 Å². The number of hydrogen-bond acceptors (Lipinski definition) is 4. The predicted molar refractivity (Wildman–Crippen MR) is 101 cm³/mol. The van der Waals surface area contributed by atoms with E-state index in [9.17, 15) is 4.79 Å². The summed E-state index contributed by atoms with van der Waals surface area (Å²) in [5, 5.41) is 6.50. The number of ether oxygens (including phenoxy) is 1. The van der Waals surface area contributed by atoms with Crippen molar-refractivity contribution in [1.82, 2.24) is 10.3 Å². The van der Waals surface area contributed by atoms with Gasteiger partial charge in [-0.2, -0.15) is 5.10 Å². The molecule has 3 rings (SSSR count). The van der Waals surface area contributed by atoms with Crippen LogP contribution in [0.1, 0.15) is 26.2 Å². The van der Waals surface area contributed by atoms with E-state index >= 15 is 0 Å². The van der Waals surface area contributed by atoms with Crippen molar-refractivity contribution in [3.8, 4) is 5.75 Å². The van der Waals surface area contributed by atoms with Crippen LogP contribution in [-0.2, 0) is 4.79 Å². The van der Waals surface area contributed by atoms with Crippen LogP contribution in [0.15, 0.2) is 47.6 Å². The maximum absolute atomic E-state index is 11.9. The highest BCUT2D eigenvalue weighted by Crippen LogP contribution is 2.20. The summed E-state index contributed by atoms with van der Waals surface area (Å²) in [5.74, 6) is 0.464. The zero-order chi connectivity index (χ0) is 17.5. The lowest BCUT2D eigenvalue weighted by atomic mass is 10.1. The molecule has 25 heavy (non-hydrogen) atoms. The number of nitrogens with one attached hydrogen (secondary N) is 1. The molecule has 1 heterocycles. The molecule has 0 radical (unpaired) electrons. The Morgan fingerprint density at radius 1 is 1.16 bits per heavy atom. The molecule has 1 N–H and O–H groups in total. The second-order valence-corrected chi connectivity index (χ2v) is 6.35. The monoisotopic (exact) mass is 339 g/mol. The molecule has 5 heteroatoms. The molecule has 0 saturated carbocycles. The fourth-order valence-electron chi connectivity index (χ4n) is 3.04. The number of rotatable bonds is 6. The minimum atomic E-state index is -0.225. The summed E-state index contributed by atoms with van der Waals surface area (Å²) in [6.45, 7) is 5.35. The van der Waals surface area contributed by atoms with Crippen molar-refractivity contribution in [1.29, 1.82) is 0 Å². The zero-order valence-electron chi connectivity index (χ0n) is 14.7. The summed E-state index contributed by atoms with van der Waals surface area (Å²) in [6.07, 6.45) is 3.02. The molecule has 5 nitrogen and oxygen atoms in total. The van der Waals surface area contributed by atoms with Crippen molar-refractivity contribution in [3.05, 3.63) is 42.5 Å². The van der Waals surface area contributed by atoms with Crippen molar-refractivity contribution in [2.45, 2.75) is 26.2 Å². The maximum Gasteiger partial charge on any atom is 0.277 e. The second kappa shape index (κ2) is 8.62. The zero-order valence-corrected chi connectivity index (χ0v) is 14.7. The largest absolute Gasteiger partial charge is 0.484 e. The SMILES string of the molecule is CCCN1CCC(=NNC(=O)COc2ccc3ccccc3c2)CC1. The van der Waals surface area contributed by atoms with Gasteiger partial charge in [-0.05, 0) is 35.9 Å². The lowest BCUT2D eigenvalue weighted by Gasteiger charge is -2.26. The number of carbonyl (C=O) groups excluding carboxylic acids is 1. The normalized spacial score (nSPS) is 15.2. The average molecular weight is 339 g/mol. The van der Waals surface area contributed by atoms with Crippen LogP contribution in [0.4, 0.5) is 0 Å². The molecule has 1 amide bonds. The van der Waals surface area contributed by atoms with Crippen LogP contribution in [-0.4, -0.2) is 42.8 Å². The van der Waals surface area contributed by atoms with E-state index in [1.807, 2.05) is 42.5 Å². The van der Waals surface area contributed by atoms with Gasteiger partial charge in [0.15, 0.2) is 6.61 Å². The first-order valence-electron chi connectivity index (χ1n) is 8.93. The molecule has 132 valence electrons. The number of nitrogens with zero attached hydrogens (tertiary/aromatic N) is 2. The van der Waals surface area contributed by atoms with E-state index in [-0.39, 0.29) is 12.5 Å². The third-order valence-corrected chi connectivity index (χ3v) is 4.40. The molecular formula is C20H25N3O2. The Morgan fingerprint density at radius 3 is 2.68 bits per heavy atom. The minimum absolute atomic E-state index is 0.0307. The van der Waals surface area contributed by atoms with Gasteiger partial charge in [-0.1, -0.05) is 37.3 Å². The maximum atomic E-state index is 11.9. The summed E-state index contributed by atoms with van der Waals surface area (Å²) in [4.78, 5) is 14.4. The van der Waals surface area contributed by atoms with Gasteiger partial charge in [-0.3, -0.25) is 4.79 Å². The first-order chi connectivity index (χ1) is 12.2. The number of benzene rings is 2. The highest BCUT2D eigenvalue weighted by molar-refractivity contribution is 5.87. The standard InChI is InChI=1S/C20H25N3O2/c1-2-11-23-12-9-18(10-13-23)21-22-20(24)15-25-19-8-7-16-5-3-4-6-17(16)14-19/h3-8,14H,2,9-13,15H2,1H3,(H,22,24). The minimum Gasteiger partial charge on any atom is -0.484 e. The molecule has 1 fully saturated rings. The van der Waals surface area contributed by atoms with E-state index in [1.54, 1.807) is 0 Å². The molecule has 2 aromatic rings. The molecule has 1 aliphatic rings. The average Bonchev–Trinajstić information content (AvgIpc) is 2.66. The van der Waals surface area contributed by atoms with Gasteiger partial charge in [0.2, 0.25) is 0 Å². The predicted octanol–water partition coefficient (Wildman–Crippen LogP) is 3.20. The number of carbonyl (C=O) groups is 1.